The first-order valence-corrected chi connectivity index (χ1v) is 7.03. The fourth-order valence-corrected chi connectivity index (χ4v) is 1.71. The number of benzene rings is 1. The summed E-state index contributed by atoms with van der Waals surface area (Å²) in [4.78, 5) is 22.8. The van der Waals surface area contributed by atoms with Gasteiger partial charge in [0.1, 0.15) is 0 Å². The number of aromatic nitrogens is 2. The number of halogens is 2. The smallest absolute Gasteiger partial charge is 0.264 e. The van der Waals surface area contributed by atoms with Crippen molar-refractivity contribution in [3.63, 3.8) is 0 Å². The van der Waals surface area contributed by atoms with Gasteiger partial charge >= 0.3 is 0 Å². The minimum absolute atomic E-state index is 0.261. The first kappa shape index (κ1) is 15.5. The summed E-state index contributed by atoms with van der Waals surface area (Å²) >= 11 is 11.7. The number of hydrogen-bond donors (Lipinski definition) is 2. The predicted molar refractivity (Wildman–Crippen MR) is 83.7 cm³/mol. The quantitative estimate of drug-likeness (QED) is 0.848. The number of nitrogens with one attached hydrogen (secondary N) is 2. The van der Waals surface area contributed by atoms with Crippen LogP contribution in [0.3, 0.4) is 0 Å². The van der Waals surface area contributed by atoms with Gasteiger partial charge in [0.05, 0.1) is 5.69 Å². The third-order valence-electron chi connectivity index (χ3n) is 2.89. The van der Waals surface area contributed by atoms with Crippen LogP contribution in [0.4, 0.5) is 5.69 Å². The van der Waals surface area contributed by atoms with Crippen LogP contribution in [0, 0.1) is 0 Å². The van der Waals surface area contributed by atoms with E-state index in [9.17, 15) is 9.59 Å². The zero-order valence-corrected chi connectivity index (χ0v) is 12.7. The van der Waals surface area contributed by atoms with Crippen LogP contribution < -0.4 is 10.9 Å². The van der Waals surface area contributed by atoms with Crippen molar-refractivity contribution >= 4 is 34.8 Å². The molecular weight excluding hydrogens is 313 g/mol. The summed E-state index contributed by atoms with van der Waals surface area (Å²) in [6.07, 6.45) is 0.307. The minimum atomic E-state index is -1.45. The standard InChI is InChI=1S/C14H13Cl2N3O2/c1-2-14(15,16)13(21)17-10-5-3-9(4-6-10)11-7-8-12(20)19-18-11/h3-8H,2H2,1H3,(H,17,21)(H,19,20). The first-order valence-electron chi connectivity index (χ1n) is 6.28. The van der Waals surface area contributed by atoms with Gasteiger partial charge in [0.15, 0.2) is 4.33 Å². The molecule has 7 heteroatoms. The summed E-state index contributed by atoms with van der Waals surface area (Å²) < 4.78 is -1.45. The van der Waals surface area contributed by atoms with E-state index in [2.05, 4.69) is 15.5 Å². The van der Waals surface area contributed by atoms with Gasteiger partial charge in [0, 0.05) is 17.3 Å². The van der Waals surface area contributed by atoms with Crippen LogP contribution in [0.2, 0.25) is 0 Å². The molecule has 1 aromatic carbocycles. The lowest BCUT2D eigenvalue weighted by atomic mass is 10.1. The van der Waals surface area contributed by atoms with Crippen LogP contribution in [0.1, 0.15) is 13.3 Å². The zero-order valence-electron chi connectivity index (χ0n) is 11.2. The number of H-pyrrole nitrogens is 1. The van der Waals surface area contributed by atoms with E-state index in [1.54, 1.807) is 37.3 Å². The molecule has 0 spiro atoms. The Morgan fingerprint density at radius 2 is 1.90 bits per heavy atom. The highest BCUT2D eigenvalue weighted by Gasteiger charge is 2.31. The first-order chi connectivity index (χ1) is 9.92. The number of alkyl halides is 2. The molecule has 0 atom stereocenters. The van der Waals surface area contributed by atoms with Crippen LogP contribution in [0.15, 0.2) is 41.2 Å². The number of rotatable bonds is 4. The molecule has 1 amide bonds. The maximum absolute atomic E-state index is 11.8. The Hall–Kier alpha value is -1.85. The van der Waals surface area contributed by atoms with E-state index < -0.39 is 10.2 Å². The van der Waals surface area contributed by atoms with Crippen molar-refractivity contribution in [2.45, 2.75) is 17.7 Å². The summed E-state index contributed by atoms with van der Waals surface area (Å²) in [5, 5.41) is 8.93. The fraction of sp³-hybridized carbons (Fsp3) is 0.214. The molecule has 0 fully saturated rings. The second-order valence-electron chi connectivity index (χ2n) is 4.40. The Labute approximate surface area is 131 Å². The molecule has 0 aliphatic rings. The van der Waals surface area contributed by atoms with E-state index in [1.165, 1.54) is 6.07 Å². The summed E-state index contributed by atoms with van der Waals surface area (Å²) in [5.41, 5.74) is 1.75. The van der Waals surface area contributed by atoms with Crippen LogP contribution in [-0.2, 0) is 4.79 Å². The predicted octanol–water partition coefficient (Wildman–Crippen LogP) is 2.96. The van der Waals surface area contributed by atoms with E-state index in [4.69, 9.17) is 23.2 Å². The molecule has 0 bridgehead atoms. The van der Waals surface area contributed by atoms with Crippen molar-refractivity contribution in [3.8, 4) is 11.3 Å². The highest BCUT2D eigenvalue weighted by Crippen LogP contribution is 2.27. The number of nitrogens with zero attached hydrogens (tertiary/aromatic N) is 1. The molecule has 0 saturated carbocycles. The van der Waals surface area contributed by atoms with Crippen molar-refractivity contribution < 1.29 is 4.79 Å². The summed E-state index contributed by atoms with van der Waals surface area (Å²) in [6.45, 7) is 1.73. The number of amides is 1. The number of carbonyl (C=O) groups excluding carboxylic acids is 1. The third kappa shape index (κ3) is 3.83. The van der Waals surface area contributed by atoms with Gasteiger partial charge in [-0.3, -0.25) is 9.59 Å². The molecule has 21 heavy (non-hydrogen) atoms. The number of aromatic amines is 1. The van der Waals surface area contributed by atoms with Crippen molar-refractivity contribution in [1.29, 1.82) is 0 Å². The zero-order chi connectivity index (χ0) is 15.5. The molecule has 0 saturated heterocycles. The van der Waals surface area contributed by atoms with Gasteiger partial charge in [-0.25, -0.2) is 5.10 Å². The molecule has 0 unspecified atom stereocenters. The van der Waals surface area contributed by atoms with E-state index in [0.717, 1.165) is 5.56 Å². The molecule has 1 aromatic heterocycles. The van der Waals surface area contributed by atoms with Crippen LogP contribution in [0.5, 0.6) is 0 Å². The lowest BCUT2D eigenvalue weighted by molar-refractivity contribution is -0.116. The normalized spacial score (nSPS) is 11.2. The van der Waals surface area contributed by atoms with Gasteiger partial charge < -0.3 is 5.32 Å². The van der Waals surface area contributed by atoms with E-state index >= 15 is 0 Å². The molecule has 2 aromatic rings. The molecule has 110 valence electrons. The summed E-state index contributed by atoms with van der Waals surface area (Å²) in [5.74, 6) is -0.469. The van der Waals surface area contributed by atoms with Gasteiger partial charge in [0.25, 0.3) is 11.5 Å². The Balaban J connectivity index is 2.14. The SMILES string of the molecule is CCC(Cl)(Cl)C(=O)Nc1ccc(-c2ccc(=O)[nH]n2)cc1. The van der Waals surface area contributed by atoms with Crippen LogP contribution in [-0.4, -0.2) is 20.4 Å². The van der Waals surface area contributed by atoms with Crippen LogP contribution >= 0.6 is 23.2 Å². The van der Waals surface area contributed by atoms with E-state index in [1.807, 2.05) is 0 Å². The fourth-order valence-electron chi connectivity index (χ4n) is 1.61. The highest BCUT2D eigenvalue weighted by atomic mass is 35.5. The largest absolute Gasteiger partial charge is 0.323 e. The number of carbonyl (C=O) groups is 1. The Morgan fingerprint density at radius 3 is 2.43 bits per heavy atom. The Bertz CT molecular complexity index is 676. The number of anilines is 1. The monoisotopic (exact) mass is 325 g/mol. The molecule has 0 aliphatic carbocycles. The molecule has 2 rings (SSSR count). The molecule has 0 aliphatic heterocycles. The lowest BCUT2D eigenvalue weighted by Crippen LogP contribution is -2.31. The summed E-state index contributed by atoms with van der Waals surface area (Å²) in [6, 6.07) is 9.97. The lowest BCUT2D eigenvalue weighted by Gasteiger charge is -2.16. The molecule has 0 radical (unpaired) electrons. The van der Waals surface area contributed by atoms with Gasteiger partial charge in [-0.05, 0) is 24.6 Å². The van der Waals surface area contributed by atoms with Gasteiger partial charge in [-0.1, -0.05) is 42.3 Å². The molecule has 1 heterocycles. The third-order valence-corrected chi connectivity index (χ3v) is 3.77. The van der Waals surface area contributed by atoms with Crippen molar-refractivity contribution in [3.05, 3.63) is 46.8 Å². The van der Waals surface area contributed by atoms with Crippen molar-refractivity contribution in [2.75, 3.05) is 5.32 Å². The second-order valence-corrected chi connectivity index (χ2v) is 5.88. The molecule has 5 nitrogen and oxygen atoms in total. The average Bonchev–Trinajstić information content (AvgIpc) is 2.49. The van der Waals surface area contributed by atoms with Crippen molar-refractivity contribution in [2.24, 2.45) is 0 Å². The van der Waals surface area contributed by atoms with Crippen LogP contribution in [0.25, 0.3) is 11.3 Å². The Morgan fingerprint density at radius 1 is 1.24 bits per heavy atom. The van der Waals surface area contributed by atoms with E-state index in [0.29, 0.717) is 17.8 Å². The molecular formula is C14H13Cl2N3O2. The second kappa shape index (κ2) is 6.28. The Kier molecular flexibility index (Phi) is 4.65. The van der Waals surface area contributed by atoms with Gasteiger partial charge in [0.2, 0.25) is 0 Å². The maximum Gasteiger partial charge on any atom is 0.264 e. The van der Waals surface area contributed by atoms with Crippen molar-refractivity contribution in [1.82, 2.24) is 10.2 Å². The average molecular weight is 326 g/mol. The number of hydrogen-bond acceptors (Lipinski definition) is 3. The highest BCUT2D eigenvalue weighted by molar-refractivity contribution is 6.59. The van der Waals surface area contributed by atoms with Gasteiger partial charge in [-0.2, -0.15) is 5.10 Å². The van der Waals surface area contributed by atoms with E-state index in [-0.39, 0.29) is 5.56 Å². The minimum Gasteiger partial charge on any atom is -0.323 e. The van der Waals surface area contributed by atoms with Gasteiger partial charge in [-0.15, -0.1) is 0 Å². The summed E-state index contributed by atoms with van der Waals surface area (Å²) in [7, 11) is 0. The topological polar surface area (TPSA) is 74.8 Å². The maximum atomic E-state index is 11.8. The molecule has 2 N–H and O–H groups in total.